The molecule has 0 bridgehead atoms. The number of hydrogen-bond donors (Lipinski definition) is 0. The quantitative estimate of drug-likeness (QED) is 0.434. The summed E-state index contributed by atoms with van der Waals surface area (Å²) in [5.74, 6) is -0.214. The lowest BCUT2D eigenvalue weighted by Gasteiger charge is -2.20. The Morgan fingerprint density at radius 3 is 2.50 bits per heavy atom. The van der Waals surface area contributed by atoms with Crippen LogP contribution in [0.1, 0.15) is 20.3 Å². The molecule has 0 aromatic heterocycles. The van der Waals surface area contributed by atoms with E-state index in [1.165, 1.54) is 6.92 Å². The highest BCUT2D eigenvalue weighted by atomic mass is 127. The Morgan fingerprint density at radius 1 is 1.50 bits per heavy atom. The van der Waals surface area contributed by atoms with Gasteiger partial charge in [-0.1, -0.05) is 22.6 Å². The van der Waals surface area contributed by atoms with Crippen molar-refractivity contribution in [3.8, 4) is 0 Å². The Kier molecular flexibility index (Phi) is 4.15. The zero-order valence-electron chi connectivity index (χ0n) is 8.33. The van der Waals surface area contributed by atoms with Gasteiger partial charge in [-0.15, -0.1) is 0 Å². The van der Waals surface area contributed by atoms with Crippen LogP contribution in [0.5, 0.6) is 0 Å². The monoisotopic (exact) mass is 311 g/mol. The number of likely N-dealkylation sites (tertiary alicyclic amines) is 1. The summed E-state index contributed by atoms with van der Waals surface area (Å²) in [5.41, 5.74) is 0. The van der Waals surface area contributed by atoms with E-state index in [0.29, 0.717) is 6.54 Å². The fourth-order valence-corrected chi connectivity index (χ4v) is 2.56. The van der Waals surface area contributed by atoms with Gasteiger partial charge in [0.25, 0.3) is 0 Å². The highest BCUT2D eigenvalue weighted by Gasteiger charge is 2.34. The van der Waals surface area contributed by atoms with Gasteiger partial charge in [-0.25, -0.2) is 0 Å². The molecular formula is C9H14INO3. The van der Waals surface area contributed by atoms with Crippen LogP contribution in [0.3, 0.4) is 0 Å². The predicted molar refractivity (Wildman–Crippen MR) is 60.2 cm³/mol. The van der Waals surface area contributed by atoms with Crippen LogP contribution in [0.25, 0.3) is 0 Å². The van der Waals surface area contributed by atoms with E-state index in [1.54, 1.807) is 11.8 Å². The zero-order chi connectivity index (χ0) is 10.7. The van der Waals surface area contributed by atoms with Crippen LogP contribution in [0.15, 0.2) is 0 Å². The molecule has 1 fully saturated rings. The summed E-state index contributed by atoms with van der Waals surface area (Å²) in [6.07, 6.45) is 0.651. The Bertz CT molecular complexity index is 244. The van der Waals surface area contributed by atoms with E-state index in [4.69, 9.17) is 4.74 Å². The first-order valence-corrected chi connectivity index (χ1v) is 6.07. The van der Waals surface area contributed by atoms with Crippen molar-refractivity contribution in [2.45, 2.75) is 32.4 Å². The third kappa shape index (κ3) is 2.83. The minimum absolute atomic E-state index is 0.0568. The van der Waals surface area contributed by atoms with Gasteiger partial charge in [0.15, 0.2) is 0 Å². The molecular weight excluding hydrogens is 297 g/mol. The maximum atomic E-state index is 11.2. The van der Waals surface area contributed by atoms with Crippen molar-refractivity contribution < 1.29 is 14.3 Å². The molecule has 2 atom stereocenters. The van der Waals surface area contributed by atoms with Gasteiger partial charge in [0.2, 0.25) is 5.91 Å². The fourth-order valence-electron chi connectivity index (χ4n) is 1.73. The molecule has 0 radical (unpaired) electrons. The number of alkyl halides is 1. The van der Waals surface area contributed by atoms with Crippen molar-refractivity contribution in [2.24, 2.45) is 0 Å². The van der Waals surface area contributed by atoms with E-state index >= 15 is 0 Å². The highest BCUT2D eigenvalue weighted by Crippen LogP contribution is 2.22. The third-order valence-electron chi connectivity index (χ3n) is 2.29. The molecule has 0 unspecified atom stereocenters. The van der Waals surface area contributed by atoms with Crippen LogP contribution in [-0.2, 0) is 14.3 Å². The van der Waals surface area contributed by atoms with E-state index in [0.717, 1.165) is 10.8 Å². The molecule has 4 nitrogen and oxygen atoms in total. The first kappa shape index (κ1) is 11.7. The SMILES string of the molecule is CC(=O)O[C@@H]1C[C@@H](CI)N(C(C)=O)C1. The van der Waals surface area contributed by atoms with Crippen LogP contribution >= 0.6 is 22.6 Å². The smallest absolute Gasteiger partial charge is 0.302 e. The number of nitrogens with zero attached hydrogens (tertiary/aromatic N) is 1. The van der Waals surface area contributed by atoms with Gasteiger partial charge >= 0.3 is 5.97 Å². The number of rotatable bonds is 2. The van der Waals surface area contributed by atoms with Gasteiger partial charge in [-0.3, -0.25) is 9.59 Å². The second-order valence-corrected chi connectivity index (χ2v) is 4.33. The van der Waals surface area contributed by atoms with Gasteiger partial charge in [0, 0.05) is 30.7 Å². The first-order valence-electron chi connectivity index (χ1n) is 4.55. The molecule has 5 heteroatoms. The number of esters is 1. The average Bonchev–Trinajstić information content (AvgIpc) is 2.46. The maximum Gasteiger partial charge on any atom is 0.302 e. The van der Waals surface area contributed by atoms with E-state index in [9.17, 15) is 9.59 Å². The summed E-state index contributed by atoms with van der Waals surface area (Å²) in [6.45, 7) is 3.49. The lowest BCUT2D eigenvalue weighted by atomic mass is 10.2. The molecule has 1 aliphatic rings. The minimum atomic E-state index is -0.271. The number of amides is 1. The Labute approximate surface area is 97.1 Å². The number of hydrogen-bond acceptors (Lipinski definition) is 3. The first-order chi connectivity index (χ1) is 6.54. The molecule has 0 aliphatic carbocycles. The largest absolute Gasteiger partial charge is 0.461 e. The lowest BCUT2D eigenvalue weighted by Crippen LogP contribution is -2.35. The van der Waals surface area contributed by atoms with Crippen molar-refractivity contribution in [1.29, 1.82) is 0 Å². The molecule has 0 saturated carbocycles. The second kappa shape index (κ2) is 4.95. The van der Waals surface area contributed by atoms with Crippen molar-refractivity contribution in [2.75, 3.05) is 11.0 Å². The topological polar surface area (TPSA) is 46.6 Å². The Balaban J connectivity index is 2.56. The van der Waals surface area contributed by atoms with Crippen molar-refractivity contribution in [3.63, 3.8) is 0 Å². The van der Waals surface area contributed by atoms with Crippen molar-refractivity contribution >= 4 is 34.5 Å². The number of ether oxygens (including phenoxy) is 1. The highest BCUT2D eigenvalue weighted by molar-refractivity contribution is 14.1. The zero-order valence-corrected chi connectivity index (χ0v) is 10.5. The summed E-state index contributed by atoms with van der Waals surface area (Å²) in [5, 5.41) is 0. The molecule has 1 rings (SSSR count). The standard InChI is InChI=1S/C9H14INO3/c1-6(12)11-5-9(14-7(2)13)3-8(11)4-10/h8-9H,3-5H2,1-2H3/t8-,9+/m0/s1. The molecule has 80 valence electrons. The summed E-state index contributed by atoms with van der Waals surface area (Å²) >= 11 is 2.25. The summed E-state index contributed by atoms with van der Waals surface area (Å²) in [6, 6.07) is 0.220. The van der Waals surface area contributed by atoms with E-state index in [2.05, 4.69) is 22.6 Å². The minimum Gasteiger partial charge on any atom is -0.461 e. The summed E-state index contributed by atoms with van der Waals surface area (Å²) in [7, 11) is 0. The third-order valence-corrected chi connectivity index (χ3v) is 3.31. The molecule has 0 aromatic rings. The normalized spacial score (nSPS) is 26.4. The molecule has 0 spiro atoms. The average molecular weight is 311 g/mol. The van der Waals surface area contributed by atoms with Gasteiger partial charge < -0.3 is 9.64 Å². The number of carbonyl (C=O) groups is 2. The molecule has 0 aromatic carbocycles. The van der Waals surface area contributed by atoms with E-state index < -0.39 is 0 Å². The fraction of sp³-hybridized carbons (Fsp3) is 0.778. The Hall–Kier alpha value is -0.330. The van der Waals surface area contributed by atoms with E-state index in [1.807, 2.05) is 0 Å². The molecule has 14 heavy (non-hydrogen) atoms. The lowest BCUT2D eigenvalue weighted by molar-refractivity contribution is -0.146. The second-order valence-electron chi connectivity index (χ2n) is 3.45. The van der Waals surface area contributed by atoms with E-state index in [-0.39, 0.29) is 24.0 Å². The number of carbonyl (C=O) groups excluding carboxylic acids is 2. The number of halogens is 1. The van der Waals surface area contributed by atoms with Crippen molar-refractivity contribution in [3.05, 3.63) is 0 Å². The maximum absolute atomic E-state index is 11.2. The molecule has 1 amide bonds. The molecule has 1 heterocycles. The van der Waals surface area contributed by atoms with Crippen LogP contribution in [0.4, 0.5) is 0 Å². The summed E-state index contributed by atoms with van der Waals surface area (Å²) in [4.78, 5) is 23.8. The van der Waals surface area contributed by atoms with Crippen molar-refractivity contribution in [1.82, 2.24) is 4.90 Å². The van der Waals surface area contributed by atoms with Crippen LogP contribution < -0.4 is 0 Å². The van der Waals surface area contributed by atoms with Crippen LogP contribution in [0, 0.1) is 0 Å². The van der Waals surface area contributed by atoms with Crippen LogP contribution in [-0.4, -0.2) is 39.9 Å². The molecule has 0 N–H and O–H groups in total. The summed E-state index contributed by atoms with van der Waals surface area (Å²) < 4.78 is 5.97. The molecule has 1 saturated heterocycles. The Morgan fingerprint density at radius 2 is 2.14 bits per heavy atom. The van der Waals surface area contributed by atoms with Gasteiger partial charge in [-0.05, 0) is 0 Å². The predicted octanol–water partition coefficient (Wildman–Crippen LogP) is 0.974. The van der Waals surface area contributed by atoms with Gasteiger partial charge in [-0.2, -0.15) is 0 Å². The van der Waals surface area contributed by atoms with Crippen LogP contribution in [0.2, 0.25) is 0 Å². The van der Waals surface area contributed by atoms with Gasteiger partial charge in [0.1, 0.15) is 6.10 Å². The molecule has 1 aliphatic heterocycles. The van der Waals surface area contributed by atoms with Gasteiger partial charge in [0.05, 0.1) is 6.54 Å².